The van der Waals surface area contributed by atoms with Gasteiger partial charge in [0, 0.05) is 44.0 Å². The second-order valence-corrected chi connectivity index (χ2v) is 6.12. The number of hydrogen-bond donors (Lipinski definition) is 0. The molecule has 1 aromatic carbocycles. The van der Waals surface area contributed by atoms with Crippen LogP contribution < -0.4 is 4.90 Å². The summed E-state index contributed by atoms with van der Waals surface area (Å²) in [4.78, 5) is 20.4. The van der Waals surface area contributed by atoms with Crippen molar-refractivity contribution in [2.75, 3.05) is 31.6 Å². The minimum absolute atomic E-state index is 0.285. The van der Waals surface area contributed by atoms with Gasteiger partial charge in [0.2, 0.25) is 5.91 Å². The third-order valence-corrected chi connectivity index (χ3v) is 4.72. The Bertz CT molecular complexity index is 611. The molecular weight excluding hydrogens is 282 g/mol. The molecule has 0 aliphatic carbocycles. The highest BCUT2D eigenvalue weighted by atomic mass is 32.1. The molecule has 1 aromatic heterocycles. The van der Waals surface area contributed by atoms with Crippen molar-refractivity contribution in [3.63, 3.8) is 0 Å². The molecule has 0 radical (unpaired) electrons. The maximum atomic E-state index is 11.6. The predicted molar refractivity (Wildman–Crippen MR) is 86.6 cm³/mol. The molecule has 4 nitrogen and oxygen atoms in total. The third-order valence-electron chi connectivity index (χ3n) is 3.76. The summed E-state index contributed by atoms with van der Waals surface area (Å²) in [5.41, 5.74) is 2.16. The lowest BCUT2D eigenvalue weighted by atomic mass is 10.2. The molecule has 0 N–H and O–H groups in total. The van der Waals surface area contributed by atoms with Gasteiger partial charge in [-0.05, 0) is 6.42 Å². The quantitative estimate of drug-likeness (QED) is 0.852. The van der Waals surface area contributed by atoms with Crippen LogP contribution in [-0.4, -0.2) is 42.5 Å². The molecule has 110 valence electrons. The first-order valence-corrected chi connectivity index (χ1v) is 8.12. The number of benzene rings is 1. The zero-order valence-corrected chi connectivity index (χ0v) is 13.0. The summed E-state index contributed by atoms with van der Waals surface area (Å²) in [6.07, 6.45) is 1.71. The molecule has 0 unspecified atom stereocenters. The van der Waals surface area contributed by atoms with Crippen molar-refractivity contribution in [2.24, 2.45) is 0 Å². The second kappa shape index (κ2) is 6.26. The molecule has 0 atom stereocenters. The molecule has 1 aliphatic rings. The van der Waals surface area contributed by atoms with E-state index in [4.69, 9.17) is 0 Å². The van der Waals surface area contributed by atoms with Crippen LogP contribution >= 0.6 is 11.3 Å². The largest absolute Gasteiger partial charge is 0.349 e. The number of carbonyl (C=O) groups excluding carboxylic acids is 1. The number of carbonyl (C=O) groups is 1. The molecule has 1 fully saturated rings. The molecule has 5 heteroatoms. The minimum atomic E-state index is 0.285. The van der Waals surface area contributed by atoms with Gasteiger partial charge in [0.15, 0.2) is 5.13 Å². The Morgan fingerprint density at radius 3 is 2.86 bits per heavy atom. The Morgan fingerprint density at radius 2 is 2.14 bits per heavy atom. The van der Waals surface area contributed by atoms with E-state index in [9.17, 15) is 4.79 Å². The van der Waals surface area contributed by atoms with Crippen LogP contribution in [0, 0.1) is 0 Å². The zero-order chi connectivity index (χ0) is 14.7. The van der Waals surface area contributed by atoms with E-state index in [0.29, 0.717) is 6.42 Å². The fourth-order valence-corrected chi connectivity index (χ4v) is 3.32. The fraction of sp³-hybridized carbons (Fsp3) is 0.375. The summed E-state index contributed by atoms with van der Waals surface area (Å²) in [5.74, 6) is 0.285. The predicted octanol–water partition coefficient (Wildman–Crippen LogP) is 2.87. The van der Waals surface area contributed by atoms with Crippen molar-refractivity contribution in [3.05, 3.63) is 35.7 Å². The lowest BCUT2D eigenvalue weighted by Crippen LogP contribution is -2.33. The van der Waals surface area contributed by atoms with Crippen molar-refractivity contribution < 1.29 is 4.79 Å². The summed E-state index contributed by atoms with van der Waals surface area (Å²) in [7, 11) is 2.04. The normalized spacial score (nSPS) is 14.7. The van der Waals surface area contributed by atoms with Crippen LogP contribution in [0.1, 0.15) is 12.8 Å². The van der Waals surface area contributed by atoms with Gasteiger partial charge in [-0.2, -0.15) is 0 Å². The molecule has 2 heterocycles. The molecule has 3 rings (SSSR count). The average molecular weight is 301 g/mol. The van der Waals surface area contributed by atoms with Crippen LogP contribution in [-0.2, 0) is 4.79 Å². The number of aromatic nitrogens is 1. The van der Waals surface area contributed by atoms with E-state index in [-0.39, 0.29) is 5.91 Å². The summed E-state index contributed by atoms with van der Waals surface area (Å²) in [6.45, 7) is 2.52. The van der Waals surface area contributed by atoms with Gasteiger partial charge in [-0.25, -0.2) is 4.98 Å². The van der Waals surface area contributed by atoms with Crippen molar-refractivity contribution in [1.82, 2.24) is 9.88 Å². The first-order chi connectivity index (χ1) is 10.2. The Kier molecular flexibility index (Phi) is 4.20. The van der Waals surface area contributed by atoms with E-state index in [1.165, 1.54) is 0 Å². The molecule has 0 bridgehead atoms. The summed E-state index contributed by atoms with van der Waals surface area (Å²) in [6, 6.07) is 10.2. The van der Waals surface area contributed by atoms with Gasteiger partial charge >= 0.3 is 0 Å². The highest BCUT2D eigenvalue weighted by Crippen LogP contribution is 2.26. The fourth-order valence-electron chi connectivity index (χ4n) is 2.49. The Balaban J connectivity index is 1.61. The molecule has 0 spiro atoms. The van der Waals surface area contributed by atoms with E-state index in [2.05, 4.69) is 27.4 Å². The first kappa shape index (κ1) is 14.1. The van der Waals surface area contributed by atoms with Crippen molar-refractivity contribution in [3.8, 4) is 11.3 Å². The minimum Gasteiger partial charge on any atom is -0.349 e. The monoisotopic (exact) mass is 301 g/mol. The van der Waals surface area contributed by atoms with Gasteiger partial charge in [0.1, 0.15) is 0 Å². The summed E-state index contributed by atoms with van der Waals surface area (Å²) < 4.78 is 0. The van der Waals surface area contributed by atoms with Crippen LogP contribution in [0.25, 0.3) is 11.3 Å². The SMILES string of the molecule is CN(CCN1CCCC1=O)c1nc(-c2ccccc2)cs1. The lowest BCUT2D eigenvalue weighted by Gasteiger charge is -2.21. The number of likely N-dealkylation sites (tertiary alicyclic amines) is 1. The van der Waals surface area contributed by atoms with Gasteiger partial charge < -0.3 is 9.80 Å². The van der Waals surface area contributed by atoms with Gasteiger partial charge in [0.25, 0.3) is 0 Å². The third kappa shape index (κ3) is 3.24. The number of amides is 1. The number of hydrogen-bond acceptors (Lipinski definition) is 4. The summed E-state index contributed by atoms with van der Waals surface area (Å²) in [5, 5.41) is 3.09. The molecule has 21 heavy (non-hydrogen) atoms. The van der Waals surface area contributed by atoms with Gasteiger partial charge in [0.05, 0.1) is 5.69 Å². The average Bonchev–Trinajstić information content (AvgIpc) is 3.15. The van der Waals surface area contributed by atoms with Gasteiger partial charge in [-0.1, -0.05) is 30.3 Å². The molecule has 1 amide bonds. The standard InChI is InChI=1S/C16H19N3OS/c1-18(10-11-19-9-5-8-15(19)20)16-17-14(12-21-16)13-6-3-2-4-7-13/h2-4,6-7,12H,5,8-11H2,1H3. The maximum Gasteiger partial charge on any atom is 0.222 e. The zero-order valence-electron chi connectivity index (χ0n) is 12.2. The number of rotatable bonds is 5. The Labute approximate surface area is 129 Å². The Morgan fingerprint density at radius 1 is 1.33 bits per heavy atom. The van der Waals surface area contributed by atoms with E-state index in [0.717, 1.165) is 42.4 Å². The van der Waals surface area contributed by atoms with E-state index >= 15 is 0 Å². The van der Waals surface area contributed by atoms with Crippen molar-refractivity contribution in [2.45, 2.75) is 12.8 Å². The summed E-state index contributed by atoms with van der Waals surface area (Å²) >= 11 is 1.65. The van der Waals surface area contributed by atoms with Crippen LogP contribution in [0.2, 0.25) is 0 Å². The van der Waals surface area contributed by atoms with Crippen molar-refractivity contribution >= 4 is 22.4 Å². The number of likely N-dealkylation sites (N-methyl/N-ethyl adjacent to an activating group) is 1. The number of nitrogens with zero attached hydrogens (tertiary/aromatic N) is 3. The van der Waals surface area contributed by atoms with Crippen LogP contribution in [0.15, 0.2) is 35.7 Å². The van der Waals surface area contributed by atoms with Crippen molar-refractivity contribution in [1.29, 1.82) is 0 Å². The number of anilines is 1. The molecular formula is C16H19N3OS. The smallest absolute Gasteiger partial charge is 0.222 e. The highest BCUT2D eigenvalue weighted by Gasteiger charge is 2.20. The molecule has 1 aliphatic heterocycles. The second-order valence-electron chi connectivity index (χ2n) is 5.29. The highest BCUT2D eigenvalue weighted by molar-refractivity contribution is 7.14. The van der Waals surface area contributed by atoms with Crippen LogP contribution in [0.3, 0.4) is 0 Å². The lowest BCUT2D eigenvalue weighted by molar-refractivity contribution is -0.127. The van der Waals surface area contributed by atoms with E-state index < -0.39 is 0 Å². The van der Waals surface area contributed by atoms with Crippen LogP contribution in [0.4, 0.5) is 5.13 Å². The maximum absolute atomic E-state index is 11.6. The molecule has 1 saturated heterocycles. The molecule has 0 saturated carbocycles. The Hall–Kier alpha value is -1.88. The molecule has 2 aromatic rings. The van der Waals surface area contributed by atoms with E-state index in [1.54, 1.807) is 11.3 Å². The van der Waals surface area contributed by atoms with Gasteiger partial charge in [-0.3, -0.25) is 4.79 Å². The topological polar surface area (TPSA) is 36.4 Å². The van der Waals surface area contributed by atoms with Gasteiger partial charge in [-0.15, -0.1) is 11.3 Å². The first-order valence-electron chi connectivity index (χ1n) is 7.24. The number of thiazole rings is 1. The van der Waals surface area contributed by atoms with Crippen LogP contribution in [0.5, 0.6) is 0 Å². The van der Waals surface area contributed by atoms with E-state index in [1.807, 2.05) is 30.1 Å².